The van der Waals surface area contributed by atoms with E-state index in [1.165, 1.54) is 6.08 Å². The Bertz CT molecular complexity index is 300. The number of allylic oxidation sites excluding steroid dienone is 4. The number of hydrogen-bond acceptors (Lipinski definition) is 1. The fourth-order valence-corrected chi connectivity index (χ4v) is 0.889. The molecule has 2 heteroatoms. The molecule has 0 saturated carbocycles. The van der Waals surface area contributed by atoms with Crippen LogP contribution in [0.2, 0.25) is 0 Å². The third kappa shape index (κ3) is 1.96. The summed E-state index contributed by atoms with van der Waals surface area (Å²) in [7, 11) is 3.87. The Morgan fingerprint density at radius 3 is 2.58 bits per heavy atom. The van der Waals surface area contributed by atoms with Crippen molar-refractivity contribution in [3.63, 3.8) is 0 Å². The second kappa shape index (κ2) is 3.55. The Kier molecular flexibility index (Phi) is 2.67. The maximum atomic E-state index is 12.6. The number of nitrogens with zero attached hydrogens (tertiary/aromatic N) is 1. The molecule has 0 unspecified atom stereocenters. The first-order valence-electron chi connectivity index (χ1n) is 3.83. The van der Waals surface area contributed by atoms with Gasteiger partial charge in [-0.25, -0.2) is 4.39 Å². The molecule has 12 heavy (non-hydrogen) atoms. The molecule has 64 valence electrons. The third-order valence-corrected chi connectivity index (χ3v) is 1.59. The van der Waals surface area contributed by atoms with Crippen LogP contribution in [0.1, 0.15) is 6.92 Å². The van der Waals surface area contributed by atoms with E-state index >= 15 is 0 Å². The standard InChI is InChI=1S/C10H12FN/c1-8-7-10(11)9(8)5-4-6-12(2)3/h7H,6H2,1-3H3. The minimum absolute atomic E-state index is 0.182. The van der Waals surface area contributed by atoms with E-state index < -0.39 is 0 Å². The molecule has 0 aromatic heterocycles. The van der Waals surface area contributed by atoms with Gasteiger partial charge in [-0.2, -0.15) is 0 Å². The first-order chi connectivity index (χ1) is 5.61. The average Bonchev–Trinajstić information content (AvgIpc) is 1.98. The molecule has 0 radical (unpaired) electrons. The van der Waals surface area contributed by atoms with Crippen LogP contribution in [0.4, 0.5) is 4.39 Å². The van der Waals surface area contributed by atoms with Gasteiger partial charge in [0.2, 0.25) is 0 Å². The smallest absolute Gasteiger partial charge is 0.139 e. The normalized spacial score (nSPS) is 15.2. The summed E-state index contributed by atoms with van der Waals surface area (Å²) in [5.41, 5.74) is 1.51. The summed E-state index contributed by atoms with van der Waals surface area (Å²) >= 11 is 0. The maximum Gasteiger partial charge on any atom is 0.139 e. The topological polar surface area (TPSA) is 3.24 Å². The molecule has 1 aliphatic rings. The lowest BCUT2D eigenvalue weighted by Crippen LogP contribution is -2.11. The quantitative estimate of drug-likeness (QED) is 0.535. The molecular formula is C10H12FN. The zero-order chi connectivity index (χ0) is 9.14. The second-order valence-electron chi connectivity index (χ2n) is 3.09. The van der Waals surface area contributed by atoms with Gasteiger partial charge in [-0.3, -0.25) is 4.90 Å². The minimum atomic E-state index is -0.182. The fourth-order valence-electron chi connectivity index (χ4n) is 0.889. The summed E-state index contributed by atoms with van der Waals surface area (Å²) < 4.78 is 12.6. The van der Waals surface area contributed by atoms with Crippen molar-refractivity contribution in [3.05, 3.63) is 23.0 Å². The molecule has 0 atom stereocenters. The van der Waals surface area contributed by atoms with E-state index in [9.17, 15) is 4.39 Å². The van der Waals surface area contributed by atoms with Crippen molar-refractivity contribution in [2.45, 2.75) is 6.92 Å². The van der Waals surface area contributed by atoms with E-state index in [-0.39, 0.29) is 5.83 Å². The van der Waals surface area contributed by atoms with Gasteiger partial charge in [-0.1, -0.05) is 11.8 Å². The lowest BCUT2D eigenvalue weighted by molar-refractivity contribution is 0.464. The molecule has 0 amide bonds. The van der Waals surface area contributed by atoms with Crippen LogP contribution in [0.15, 0.2) is 23.0 Å². The summed E-state index contributed by atoms with van der Waals surface area (Å²) in [6.07, 6.45) is 1.50. The van der Waals surface area contributed by atoms with E-state index in [1.54, 1.807) is 0 Å². The Labute approximate surface area is 72.6 Å². The molecule has 0 spiro atoms. The van der Waals surface area contributed by atoms with Gasteiger partial charge in [0.05, 0.1) is 12.1 Å². The zero-order valence-corrected chi connectivity index (χ0v) is 7.61. The molecule has 0 fully saturated rings. The molecule has 1 nitrogen and oxygen atoms in total. The highest BCUT2D eigenvalue weighted by Gasteiger charge is 2.13. The summed E-state index contributed by atoms with van der Waals surface area (Å²) in [6.45, 7) is 2.53. The Morgan fingerprint density at radius 1 is 1.50 bits per heavy atom. The van der Waals surface area contributed by atoms with Crippen LogP contribution in [-0.2, 0) is 0 Å². The van der Waals surface area contributed by atoms with Crippen molar-refractivity contribution in [2.24, 2.45) is 0 Å². The molecule has 0 bridgehead atoms. The minimum Gasteiger partial charge on any atom is -0.299 e. The van der Waals surface area contributed by atoms with Crippen molar-refractivity contribution in [1.29, 1.82) is 0 Å². The van der Waals surface area contributed by atoms with Gasteiger partial charge in [0.15, 0.2) is 0 Å². The van der Waals surface area contributed by atoms with Crippen molar-refractivity contribution in [1.82, 2.24) is 4.90 Å². The monoisotopic (exact) mass is 165 g/mol. The van der Waals surface area contributed by atoms with Crippen LogP contribution in [0.25, 0.3) is 0 Å². The zero-order valence-electron chi connectivity index (χ0n) is 7.61. The highest BCUT2D eigenvalue weighted by Crippen LogP contribution is 2.26. The maximum absolute atomic E-state index is 12.6. The second-order valence-corrected chi connectivity index (χ2v) is 3.09. The van der Waals surface area contributed by atoms with Crippen LogP contribution in [-0.4, -0.2) is 25.5 Å². The summed E-state index contributed by atoms with van der Waals surface area (Å²) in [4.78, 5) is 1.95. The Hall–Kier alpha value is -1.07. The predicted octanol–water partition coefficient (Wildman–Crippen LogP) is 1.73. The van der Waals surface area contributed by atoms with E-state index in [2.05, 4.69) is 11.8 Å². The molecule has 0 N–H and O–H groups in total. The number of halogens is 1. The third-order valence-electron chi connectivity index (χ3n) is 1.59. The van der Waals surface area contributed by atoms with E-state index in [4.69, 9.17) is 0 Å². The van der Waals surface area contributed by atoms with Crippen molar-refractivity contribution >= 4 is 0 Å². The highest BCUT2D eigenvalue weighted by molar-refractivity contribution is 5.58. The molecule has 1 aliphatic carbocycles. The molecular weight excluding hydrogens is 153 g/mol. The van der Waals surface area contributed by atoms with E-state index in [0.29, 0.717) is 12.1 Å². The Balaban J connectivity index is 2.50. The molecule has 0 aromatic carbocycles. The average molecular weight is 165 g/mol. The number of hydrogen-bond donors (Lipinski definition) is 0. The first kappa shape index (κ1) is 9.02. The lowest BCUT2D eigenvalue weighted by atomic mass is 9.98. The summed E-state index contributed by atoms with van der Waals surface area (Å²) in [5, 5.41) is 0. The van der Waals surface area contributed by atoms with E-state index in [0.717, 1.165) is 5.57 Å². The fraction of sp³-hybridized carbons (Fsp3) is 0.400. The van der Waals surface area contributed by atoms with Gasteiger partial charge in [-0.15, -0.1) is 0 Å². The molecule has 0 aromatic rings. The van der Waals surface area contributed by atoms with Crippen LogP contribution in [0.5, 0.6) is 0 Å². The van der Waals surface area contributed by atoms with Crippen LogP contribution in [0, 0.1) is 11.8 Å². The molecule has 0 aliphatic heterocycles. The molecule has 0 heterocycles. The van der Waals surface area contributed by atoms with Crippen LogP contribution >= 0.6 is 0 Å². The first-order valence-corrected chi connectivity index (χ1v) is 3.83. The van der Waals surface area contributed by atoms with Gasteiger partial charge in [0.1, 0.15) is 5.83 Å². The summed E-state index contributed by atoms with van der Waals surface area (Å²) in [6, 6.07) is 0. The Morgan fingerprint density at radius 2 is 2.17 bits per heavy atom. The van der Waals surface area contributed by atoms with Gasteiger partial charge < -0.3 is 0 Å². The largest absolute Gasteiger partial charge is 0.299 e. The number of rotatable bonds is 1. The SMILES string of the molecule is CC1=CC(F)=C1C#CCN(C)C. The van der Waals surface area contributed by atoms with Crippen molar-refractivity contribution in [3.8, 4) is 11.8 Å². The molecule has 1 rings (SSSR count). The van der Waals surface area contributed by atoms with E-state index in [1.807, 2.05) is 25.9 Å². The predicted molar refractivity (Wildman–Crippen MR) is 48.2 cm³/mol. The highest BCUT2D eigenvalue weighted by atomic mass is 19.1. The van der Waals surface area contributed by atoms with Gasteiger partial charge in [-0.05, 0) is 32.7 Å². The molecule has 0 saturated heterocycles. The summed E-state index contributed by atoms with van der Waals surface area (Å²) in [5.74, 6) is 5.50. The van der Waals surface area contributed by atoms with Crippen molar-refractivity contribution < 1.29 is 4.39 Å². The van der Waals surface area contributed by atoms with Crippen LogP contribution in [0.3, 0.4) is 0 Å². The van der Waals surface area contributed by atoms with Gasteiger partial charge in [0.25, 0.3) is 0 Å². The van der Waals surface area contributed by atoms with Crippen molar-refractivity contribution in [2.75, 3.05) is 20.6 Å². The van der Waals surface area contributed by atoms with Crippen LogP contribution < -0.4 is 0 Å². The van der Waals surface area contributed by atoms with Gasteiger partial charge in [0, 0.05) is 0 Å². The van der Waals surface area contributed by atoms with Gasteiger partial charge >= 0.3 is 0 Å². The lowest BCUT2D eigenvalue weighted by Gasteiger charge is -2.09.